The zero-order valence-corrected chi connectivity index (χ0v) is 22.0. The third kappa shape index (κ3) is 4.50. The van der Waals surface area contributed by atoms with Crippen molar-refractivity contribution in [1.82, 2.24) is 33.9 Å². The van der Waals surface area contributed by atoms with Crippen molar-refractivity contribution in [3.8, 4) is 23.0 Å². The minimum atomic E-state index is -4.68. The Kier molecular flexibility index (Phi) is 6.17. The van der Waals surface area contributed by atoms with Crippen LogP contribution in [0.4, 0.5) is 13.2 Å². The highest BCUT2D eigenvalue weighted by molar-refractivity contribution is 7.91. The second-order valence-electron chi connectivity index (χ2n) is 8.96. The number of hydrogen-bond donors (Lipinski definition) is 0. The predicted octanol–water partition coefficient (Wildman–Crippen LogP) is 3.80. The van der Waals surface area contributed by atoms with Crippen LogP contribution in [0.25, 0.3) is 34.1 Å². The maximum Gasteiger partial charge on any atom is 0.433 e. The molecule has 39 heavy (non-hydrogen) atoms. The fraction of sp³-hybridized carbons (Fsp3) is 0.240. The lowest BCUT2D eigenvalue weighted by molar-refractivity contribution is -0.141. The molecule has 0 amide bonds. The molecule has 0 atom stereocenters. The Morgan fingerprint density at radius 3 is 2.44 bits per heavy atom. The van der Waals surface area contributed by atoms with Crippen molar-refractivity contribution >= 4 is 20.9 Å². The van der Waals surface area contributed by atoms with Crippen LogP contribution in [0, 0.1) is 13.8 Å². The fourth-order valence-electron chi connectivity index (χ4n) is 4.26. The maximum atomic E-state index is 13.3. The van der Waals surface area contributed by atoms with Crippen molar-refractivity contribution in [2.75, 3.05) is 5.75 Å². The molecule has 5 aromatic rings. The van der Waals surface area contributed by atoms with Gasteiger partial charge in [0.05, 0.1) is 33.6 Å². The van der Waals surface area contributed by atoms with Crippen LogP contribution >= 0.6 is 0 Å². The number of sulfone groups is 1. The highest BCUT2D eigenvalue weighted by Gasteiger charge is 2.33. The Balaban J connectivity index is 1.72. The van der Waals surface area contributed by atoms with E-state index >= 15 is 0 Å². The first-order valence-corrected chi connectivity index (χ1v) is 13.4. The van der Waals surface area contributed by atoms with E-state index in [-0.39, 0.29) is 39.0 Å². The highest BCUT2D eigenvalue weighted by atomic mass is 32.2. The minimum absolute atomic E-state index is 0.00480. The first-order chi connectivity index (χ1) is 18.3. The molecule has 0 N–H and O–H groups in total. The molecule has 1 aromatic carbocycles. The summed E-state index contributed by atoms with van der Waals surface area (Å²) in [7, 11) is -2.32. The van der Waals surface area contributed by atoms with Gasteiger partial charge in [-0.2, -0.15) is 23.0 Å². The van der Waals surface area contributed by atoms with E-state index in [1.165, 1.54) is 41.7 Å². The summed E-state index contributed by atoms with van der Waals surface area (Å²) in [6.07, 6.45) is -2.40. The SMILES string of the molecule is CCS(=O)(=O)c1ccc(-n2cnn(-c3ccc(C)cc3C)c2=O)nc1-c1nc2cc(C(F)(F)F)ncc2n1C. The number of benzene rings is 1. The number of fused-ring (bicyclic) bond motifs is 1. The van der Waals surface area contributed by atoms with E-state index in [0.29, 0.717) is 5.69 Å². The smallest absolute Gasteiger partial charge is 0.324 e. The van der Waals surface area contributed by atoms with Gasteiger partial charge in [0.25, 0.3) is 0 Å². The predicted molar refractivity (Wildman–Crippen MR) is 137 cm³/mol. The molecule has 0 radical (unpaired) electrons. The van der Waals surface area contributed by atoms with Crippen molar-refractivity contribution in [1.29, 1.82) is 0 Å². The van der Waals surface area contributed by atoms with Crippen LogP contribution in [0.15, 0.2) is 58.6 Å². The van der Waals surface area contributed by atoms with Gasteiger partial charge in [-0.3, -0.25) is 0 Å². The Morgan fingerprint density at radius 2 is 1.77 bits per heavy atom. The second kappa shape index (κ2) is 9.15. The molecule has 0 unspecified atom stereocenters. The molecular weight excluding hydrogens is 535 g/mol. The first-order valence-electron chi connectivity index (χ1n) is 11.7. The van der Waals surface area contributed by atoms with Crippen LogP contribution in [0.2, 0.25) is 0 Å². The van der Waals surface area contributed by atoms with Gasteiger partial charge in [0, 0.05) is 7.05 Å². The average Bonchev–Trinajstić information content (AvgIpc) is 3.42. The van der Waals surface area contributed by atoms with Gasteiger partial charge in [-0.05, 0) is 43.7 Å². The van der Waals surface area contributed by atoms with Crippen LogP contribution in [0.5, 0.6) is 0 Å². The number of aromatic nitrogens is 7. The second-order valence-corrected chi connectivity index (χ2v) is 11.2. The van der Waals surface area contributed by atoms with E-state index < -0.39 is 27.4 Å². The van der Waals surface area contributed by atoms with Crippen molar-refractivity contribution in [2.45, 2.75) is 31.8 Å². The maximum absolute atomic E-state index is 13.3. The number of nitrogens with zero attached hydrogens (tertiary/aromatic N) is 7. The lowest BCUT2D eigenvalue weighted by Crippen LogP contribution is -2.24. The number of pyridine rings is 2. The van der Waals surface area contributed by atoms with Gasteiger partial charge in [0.15, 0.2) is 15.7 Å². The van der Waals surface area contributed by atoms with E-state index in [0.717, 1.165) is 28.0 Å². The van der Waals surface area contributed by atoms with E-state index in [1.807, 2.05) is 26.0 Å². The van der Waals surface area contributed by atoms with Crippen molar-refractivity contribution < 1.29 is 21.6 Å². The van der Waals surface area contributed by atoms with Crippen molar-refractivity contribution in [2.24, 2.45) is 7.05 Å². The van der Waals surface area contributed by atoms with Crippen LogP contribution < -0.4 is 5.69 Å². The fourth-order valence-corrected chi connectivity index (χ4v) is 5.28. The van der Waals surface area contributed by atoms with Gasteiger partial charge in [0.1, 0.15) is 23.5 Å². The van der Waals surface area contributed by atoms with Crippen LogP contribution in [-0.2, 0) is 23.1 Å². The third-order valence-electron chi connectivity index (χ3n) is 6.33. The molecule has 4 aromatic heterocycles. The average molecular weight is 558 g/mol. The molecule has 0 saturated heterocycles. The lowest BCUT2D eigenvalue weighted by Gasteiger charge is -2.11. The summed E-state index contributed by atoms with van der Waals surface area (Å²) < 4.78 is 69.4. The summed E-state index contributed by atoms with van der Waals surface area (Å²) in [4.78, 5) is 25.3. The molecule has 0 saturated carbocycles. The third-order valence-corrected chi connectivity index (χ3v) is 8.08. The molecule has 0 spiro atoms. The highest BCUT2D eigenvalue weighted by Crippen LogP contribution is 2.32. The summed E-state index contributed by atoms with van der Waals surface area (Å²) in [5, 5.41) is 4.20. The van der Waals surface area contributed by atoms with Crippen LogP contribution in [0.1, 0.15) is 23.7 Å². The first kappa shape index (κ1) is 26.3. The summed E-state index contributed by atoms with van der Waals surface area (Å²) in [6.45, 7) is 5.23. The van der Waals surface area contributed by atoms with Gasteiger partial charge in [-0.25, -0.2) is 32.7 Å². The molecule has 202 valence electrons. The molecule has 4 heterocycles. The summed E-state index contributed by atoms with van der Waals surface area (Å²) >= 11 is 0. The van der Waals surface area contributed by atoms with E-state index in [9.17, 15) is 26.4 Å². The van der Waals surface area contributed by atoms with Gasteiger partial charge < -0.3 is 4.57 Å². The van der Waals surface area contributed by atoms with Gasteiger partial charge >= 0.3 is 11.9 Å². The number of hydrogen-bond acceptors (Lipinski definition) is 7. The number of rotatable bonds is 5. The largest absolute Gasteiger partial charge is 0.433 e. The Bertz CT molecular complexity index is 1920. The molecule has 14 heteroatoms. The van der Waals surface area contributed by atoms with Gasteiger partial charge in [-0.1, -0.05) is 24.6 Å². The minimum Gasteiger partial charge on any atom is -0.324 e. The van der Waals surface area contributed by atoms with E-state index in [4.69, 9.17) is 0 Å². The quantitative estimate of drug-likeness (QED) is 0.323. The van der Waals surface area contributed by atoms with E-state index in [2.05, 4.69) is 20.1 Å². The Labute approximate surface area is 220 Å². The number of halogens is 3. The summed E-state index contributed by atoms with van der Waals surface area (Å²) in [6, 6.07) is 8.98. The number of imidazole rings is 1. The summed E-state index contributed by atoms with van der Waals surface area (Å²) in [5.41, 5.74) is 0.816. The lowest BCUT2D eigenvalue weighted by atomic mass is 10.1. The molecular formula is C25H22F3N7O3S. The zero-order chi connectivity index (χ0) is 28.3. The molecule has 5 rings (SSSR count). The normalized spacial score (nSPS) is 12.4. The Morgan fingerprint density at radius 1 is 1.03 bits per heavy atom. The topological polar surface area (TPSA) is 118 Å². The number of alkyl halides is 3. The van der Waals surface area contributed by atoms with Gasteiger partial charge in [0.2, 0.25) is 0 Å². The van der Waals surface area contributed by atoms with E-state index in [1.54, 1.807) is 6.07 Å². The molecule has 0 aliphatic carbocycles. The van der Waals surface area contributed by atoms with Crippen molar-refractivity contribution in [3.63, 3.8) is 0 Å². The van der Waals surface area contributed by atoms with Gasteiger partial charge in [-0.15, -0.1) is 0 Å². The number of aryl methyl sites for hydroxylation is 3. The zero-order valence-electron chi connectivity index (χ0n) is 21.2. The summed E-state index contributed by atoms with van der Waals surface area (Å²) in [5.74, 6) is -0.202. The molecule has 10 nitrogen and oxygen atoms in total. The molecule has 0 fully saturated rings. The molecule has 0 aliphatic rings. The molecule has 0 bridgehead atoms. The van der Waals surface area contributed by atoms with Crippen LogP contribution in [0.3, 0.4) is 0 Å². The standard InChI is InChI=1S/C25H22F3N7O3S/c1-5-39(37,38)19-8-9-21(34-13-30-35(24(34)36)17-7-6-14(2)10-15(17)3)32-22(19)23-31-16-11-20(25(26,27)28)29-12-18(16)33(23)4/h6-13H,5H2,1-4H3. The van der Waals surface area contributed by atoms with Crippen LogP contribution in [-0.4, -0.2) is 48.0 Å². The van der Waals surface area contributed by atoms with Crippen molar-refractivity contribution in [3.05, 3.63) is 76.2 Å². The molecule has 0 aliphatic heterocycles. The Hall–Kier alpha value is -4.33. The monoisotopic (exact) mass is 557 g/mol.